The first-order valence-electron chi connectivity index (χ1n) is 5.41. The smallest absolute Gasteiger partial charge is 0.190 e. The fraction of sp³-hybridized carbons (Fsp3) is 0.0833. The maximum absolute atomic E-state index is 5.92. The lowest BCUT2D eigenvalue weighted by atomic mass is 10.2. The van der Waals surface area contributed by atoms with Gasteiger partial charge in [0.25, 0.3) is 0 Å². The average Bonchev–Trinajstić information content (AvgIpc) is 2.79. The quantitative estimate of drug-likeness (QED) is 0.712. The molecule has 18 heavy (non-hydrogen) atoms. The van der Waals surface area contributed by atoms with E-state index in [1.54, 1.807) is 29.0 Å². The van der Waals surface area contributed by atoms with Crippen LogP contribution in [0.5, 0.6) is 0 Å². The Labute approximate surface area is 108 Å². The number of aromatic nitrogens is 4. The molecule has 5 nitrogen and oxygen atoms in total. The number of nitrogens with zero attached hydrogens (tertiary/aromatic N) is 4. The van der Waals surface area contributed by atoms with Crippen LogP contribution < -0.4 is 5.73 Å². The SMILES string of the molecule is Cn1ncnc1Sc1ccc(N)c2ncccc12. The molecule has 0 atom stereocenters. The molecule has 0 bridgehead atoms. The van der Waals surface area contributed by atoms with Crippen molar-refractivity contribution >= 4 is 28.4 Å². The van der Waals surface area contributed by atoms with E-state index in [0.29, 0.717) is 5.69 Å². The average molecular weight is 257 g/mol. The van der Waals surface area contributed by atoms with Crippen LogP contribution in [0.1, 0.15) is 0 Å². The summed E-state index contributed by atoms with van der Waals surface area (Å²) in [6, 6.07) is 7.77. The minimum atomic E-state index is 0.688. The van der Waals surface area contributed by atoms with Crippen LogP contribution >= 0.6 is 11.8 Å². The highest BCUT2D eigenvalue weighted by Gasteiger charge is 2.09. The Morgan fingerprint density at radius 1 is 1.22 bits per heavy atom. The molecule has 0 radical (unpaired) electrons. The van der Waals surface area contributed by atoms with Gasteiger partial charge in [-0.15, -0.1) is 0 Å². The second kappa shape index (κ2) is 4.30. The summed E-state index contributed by atoms with van der Waals surface area (Å²) >= 11 is 1.55. The van der Waals surface area contributed by atoms with E-state index in [2.05, 4.69) is 15.1 Å². The number of fused-ring (bicyclic) bond motifs is 1. The maximum atomic E-state index is 5.92. The van der Waals surface area contributed by atoms with Crippen molar-refractivity contribution in [2.75, 3.05) is 5.73 Å². The van der Waals surface area contributed by atoms with Gasteiger partial charge in [-0.2, -0.15) is 5.10 Å². The summed E-state index contributed by atoms with van der Waals surface area (Å²) in [6.45, 7) is 0. The van der Waals surface area contributed by atoms with Crippen LogP contribution in [0.25, 0.3) is 10.9 Å². The molecular formula is C12H11N5S. The monoisotopic (exact) mass is 257 g/mol. The molecule has 0 spiro atoms. The van der Waals surface area contributed by atoms with Crippen molar-refractivity contribution < 1.29 is 0 Å². The molecule has 2 N–H and O–H groups in total. The molecule has 0 saturated heterocycles. The van der Waals surface area contributed by atoms with E-state index in [4.69, 9.17) is 5.73 Å². The van der Waals surface area contributed by atoms with Crippen molar-refractivity contribution in [2.24, 2.45) is 7.05 Å². The lowest BCUT2D eigenvalue weighted by molar-refractivity contribution is 0.685. The minimum Gasteiger partial charge on any atom is -0.397 e. The normalized spacial score (nSPS) is 10.9. The summed E-state index contributed by atoms with van der Waals surface area (Å²) in [7, 11) is 1.87. The van der Waals surface area contributed by atoms with Crippen molar-refractivity contribution in [3.8, 4) is 0 Å². The van der Waals surface area contributed by atoms with Gasteiger partial charge in [0.05, 0.1) is 11.2 Å². The van der Waals surface area contributed by atoms with E-state index in [9.17, 15) is 0 Å². The lowest BCUT2D eigenvalue weighted by Crippen LogP contribution is -1.94. The number of aryl methyl sites for hydroxylation is 1. The number of rotatable bonds is 2. The van der Waals surface area contributed by atoms with Gasteiger partial charge < -0.3 is 5.73 Å². The van der Waals surface area contributed by atoms with Crippen molar-refractivity contribution in [2.45, 2.75) is 10.1 Å². The van der Waals surface area contributed by atoms with E-state index >= 15 is 0 Å². The van der Waals surface area contributed by atoms with Crippen molar-refractivity contribution in [1.29, 1.82) is 0 Å². The molecule has 0 fully saturated rings. The topological polar surface area (TPSA) is 69.6 Å². The van der Waals surface area contributed by atoms with Gasteiger partial charge in [0.2, 0.25) is 0 Å². The number of pyridine rings is 1. The number of anilines is 1. The third-order valence-corrected chi connectivity index (χ3v) is 3.76. The summed E-state index contributed by atoms with van der Waals surface area (Å²) in [6.07, 6.45) is 3.29. The predicted octanol–water partition coefficient (Wildman–Crippen LogP) is 2.10. The molecule has 1 aromatic carbocycles. The molecule has 0 aliphatic rings. The Bertz CT molecular complexity index is 707. The first-order valence-corrected chi connectivity index (χ1v) is 6.22. The molecule has 0 unspecified atom stereocenters. The van der Waals surface area contributed by atoms with Crippen molar-refractivity contribution in [3.63, 3.8) is 0 Å². The molecule has 2 heterocycles. The number of nitrogens with two attached hydrogens (primary N) is 1. The summed E-state index contributed by atoms with van der Waals surface area (Å²) in [5.41, 5.74) is 7.44. The van der Waals surface area contributed by atoms with Gasteiger partial charge in [0, 0.05) is 23.5 Å². The van der Waals surface area contributed by atoms with Crippen LogP contribution in [0.2, 0.25) is 0 Å². The molecule has 0 aliphatic heterocycles. The zero-order valence-electron chi connectivity index (χ0n) is 9.74. The van der Waals surface area contributed by atoms with Crippen LogP contribution in [-0.4, -0.2) is 19.7 Å². The van der Waals surface area contributed by atoms with Gasteiger partial charge in [-0.05, 0) is 30.0 Å². The minimum absolute atomic E-state index is 0.688. The zero-order valence-corrected chi connectivity index (χ0v) is 10.6. The molecule has 90 valence electrons. The van der Waals surface area contributed by atoms with E-state index in [-0.39, 0.29) is 0 Å². The first-order chi connectivity index (χ1) is 8.75. The van der Waals surface area contributed by atoms with Crippen LogP contribution in [-0.2, 0) is 7.05 Å². The fourth-order valence-electron chi connectivity index (χ4n) is 1.73. The Hall–Kier alpha value is -2.08. The number of hydrogen-bond donors (Lipinski definition) is 1. The van der Waals surface area contributed by atoms with Crippen LogP contribution in [0.15, 0.2) is 46.8 Å². The van der Waals surface area contributed by atoms with Gasteiger partial charge in [-0.1, -0.05) is 6.07 Å². The fourth-order valence-corrected chi connectivity index (χ4v) is 2.62. The van der Waals surface area contributed by atoms with Crippen LogP contribution in [0.3, 0.4) is 0 Å². The molecular weight excluding hydrogens is 246 g/mol. The second-order valence-corrected chi connectivity index (χ2v) is 4.83. The molecule has 0 saturated carbocycles. The number of hydrogen-bond acceptors (Lipinski definition) is 5. The molecule has 2 aromatic heterocycles. The maximum Gasteiger partial charge on any atom is 0.190 e. The van der Waals surface area contributed by atoms with E-state index < -0.39 is 0 Å². The predicted molar refractivity (Wildman–Crippen MR) is 71.3 cm³/mol. The number of nitrogen functional groups attached to an aromatic ring is 1. The Kier molecular flexibility index (Phi) is 2.64. The summed E-state index contributed by atoms with van der Waals surface area (Å²) in [5, 5.41) is 5.93. The van der Waals surface area contributed by atoms with E-state index in [1.807, 2.05) is 31.3 Å². The van der Waals surface area contributed by atoms with Crippen molar-refractivity contribution in [1.82, 2.24) is 19.7 Å². The highest BCUT2D eigenvalue weighted by atomic mass is 32.2. The molecule has 3 rings (SSSR count). The molecule has 6 heteroatoms. The summed E-state index contributed by atoms with van der Waals surface area (Å²) in [5.74, 6) is 0. The third-order valence-electron chi connectivity index (χ3n) is 2.63. The Morgan fingerprint density at radius 3 is 2.89 bits per heavy atom. The Morgan fingerprint density at radius 2 is 2.11 bits per heavy atom. The molecule has 0 aliphatic carbocycles. The standard InChI is InChI=1S/C12H11N5S/c1-17-12(15-7-16-17)18-10-5-4-9(13)11-8(10)3-2-6-14-11/h2-7H,13H2,1H3. The largest absolute Gasteiger partial charge is 0.397 e. The van der Waals surface area contributed by atoms with Crippen LogP contribution in [0.4, 0.5) is 5.69 Å². The van der Waals surface area contributed by atoms with Gasteiger partial charge in [0.1, 0.15) is 6.33 Å². The highest BCUT2D eigenvalue weighted by Crippen LogP contribution is 2.33. The van der Waals surface area contributed by atoms with Crippen molar-refractivity contribution in [3.05, 3.63) is 36.8 Å². The summed E-state index contributed by atoms with van der Waals surface area (Å²) < 4.78 is 1.74. The lowest BCUT2D eigenvalue weighted by Gasteiger charge is -2.06. The van der Waals surface area contributed by atoms with Gasteiger partial charge in [-0.3, -0.25) is 4.98 Å². The van der Waals surface area contributed by atoms with Gasteiger partial charge in [-0.25, -0.2) is 9.67 Å². The van der Waals surface area contributed by atoms with Crippen LogP contribution in [0, 0.1) is 0 Å². The number of benzene rings is 1. The van der Waals surface area contributed by atoms with Gasteiger partial charge in [0.15, 0.2) is 5.16 Å². The summed E-state index contributed by atoms with van der Waals surface area (Å²) in [4.78, 5) is 9.59. The van der Waals surface area contributed by atoms with E-state index in [1.165, 1.54) is 0 Å². The van der Waals surface area contributed by atoms with Gasteiger partial charge >= 0.3 is 0 Å². The first kappa shape index (κ1) is 11.0. The third kappa shape index (κ3) is 1.80. The highest BCUT2D eigenvalue weighted by molar-refractivity contribution is 7.99. The Balaban J connectivity index is 2.13. The zero-order chi connectivity index (χ0) is 12.5. The molecule has 3 aromatic rings. The molecule has 0 amide bonds. The van der Waals surface area contributed by atoms with E-state index in [0.717, 1.165) is 21.0 Å². The second-order valence-electron chi connectivity index (χ2n) is 3.82.